The molecular weight excluding hydrogens is 244 g/mol. The van der Waals surface area contributed by atoms with Gasteiger partial charge in [-0.25, -0.2) is 4.98 Å². The topological polar surface area (TPSA) is 64.5 Å². The molecule has 0 saturated heterocycles. The summed E-state index contributed by atoms with van der Waals surface area (Å²) in [5.41, 5.74) is 0. The van der Waals surface area contributed by atoms with Gasteiger partial charge < -0.3 is 14.6 Å². The third-order valence-corrected chi connectivity index (χ3v) is 2.18. The quantitative estimate of drug-likeness (QED) is 0.910. The van der Waals surface area contributed by atoms with Gasteiger partial charge in [0, 0.05) is 0 Å². The lowest BCUT2D eigenvalue weighted by Crippen LogP contribution is -1.95. The highest BCUT2D eigenvalue weighted by Crippen LogP contribution is 2.28. The van der Waals surface area contributed by atoms with E-state index >= 15 is 0 Å². The number of phenolic OH excluding ortho intramolecular Hbond substituents is 1. The Morgan fingerprint density at radius 3 is 2.59 bits per heavy atom. The lowest BCUT2D eigenvalue weighted by atomic mass is 10.3. The van der Waals surface area contributed by atoms with Gasteiger partial charge >= 0.3 is 6.01 Å². The number of aromatic hydroxyl groups is 1. The second kappa shape index (κ2) is 4.88. The summed E-state index contributed by atoms with van der Waals surface area (Å²) in [5, 5.41) is 9.41. The highest BCUT2D eigenvalue weighted by molar-refractivity contribution is 6.31. The molecule has 5 nitrogen and oxygen atoms in total. The van der Waals surface area contributed by atoms with Crippen LogP contribution < -0.4 is 9.47 Å². The summed E-state index contributed by atoms with van der Waals surface area (Å²) in [7, 11) is 1.45. The highest BCUT2D eigenvalue weighted by atomic mass is 35.5. The largest absolute Gasteiger partial charge is 0.508 e. The van der Waals surface area contributed by atoms with Crippen LogP contribution in [0, 0.1) is 0 Å². The summed E-state index contributed by atoms with van der Waals surface area (Å²) in [6.45, 7) is 0. The van der Waals surface area contributed by atoms with Crippen molar-refractivity contribution in [3.8, 4) is 23.4 Å². The molecule has 17 heavy (non-hydrogen) atoms. The minimum absolute atomic E-state index is 0.156. The Kier molecular flexibility index (Phi) is 3.30. The summed E-state index contributed by atoms with van der Waals surface area (Å²) in [6, 6.07) is 6.37. The fraction of sp³-hybridized carbons (Fsp3) is 0.0909. The van der Waals surface area contributed by atoms with Crippen LogP contribution in [0.1, 0.15) is 0 Å². The molecule has 1 aromatic heterocycles. The predicted molar refractivity (Wildman–Crippen MR) is 61.8 cm³/mol. The molecule has 1 N–H and O–H groups in total. The monoisotopic (exact) mass is 252 g/mol. The molecule has 0 fully saturated rings. The van der Waals surface area contributed by atoms with E-state index in [9.17, 15) is 0 Å². The van der Waals surface area contributed by atoms with E-state index < -0.39 is 0 Å². The minimum atomic E-state index is 0.156. The fourth-order valence-corrected chi connectivity index (χ4v) is 1.26. The summed E-state index contributed by atoms with van der Waals surface area (Å²) >= 11 is 5.88. The highest BCUT2D eigenvalue weighted by Gasteiger charge is 2.08. The normalized spacial score (nSPS) is 10.0. The number of ether oxygens (including phenoxy) is 2. The SMILES string of the molecule is COc1ncc(Cl)c(Oc2ccc(O)cc2)n1. The maximum Gasteiger partial charge on any atom is 0.319 e. The molecule has 88 valence electrons. The number of phenols is 1. The summed E-state index contributed by atoms with van der Waals surface area (Å²) < 4.78 is 10.3. The average Bonchev–Trinajstić information content (AvgIpc) is 2.35. The third-order valence-electron chi connectivity index (χ3n) is 1.92. The Morgan fingerprint density at radius 2 is 1.94 bits per heavy atom. The van der Waals surface area contributed by atoms with Gasteiger partial charge in [-0.3, -0.25) is 0 Å². The van der Waals surface area contributed by atoms with Crippen LogP contribution in [0.5, 0.6) is 23.4 Å². The Bertz CT molecular complexity index is 517. The van der Waals surface area contributed by atoms with E-state index in [0.717, 1.165) is 0 Å². The fourth-order valence-electron chi connectivity index (χ4n) is 1.13. The molecule has 2 rings (SSSR count). The molecule has 6 heteroatoms. The van der Waals surface area contributed by atoms with Gasteiger partial charge in [-0.1, -0.05) is 11.6 Å². The van der Waals surface area contributed by atoms with Crippen molar-refractivity contribution in [1.82, 2.24) is 9.97 Å². The molecule has 0 aliphatic carbocycles. The molecule has 0 radical (unpaired) electrons. The number of rotatable bonds is 3. The molecule has 0 atom stereocenters. The van der Waals surface area contributed by atoms with E-state index in [1.165, 1.54) is 25.4 Å². The van der Waals surface area contributed by atoms with Gasteiger partial charge in [0.05, 0.1) is 13.3 Å². The first-order valence-corrected chi connectivity index (χ1v) is 5.10. The zero-order chi connectivity index (χ0) is 12.3. The smallest absolute Gasteiger partial charge is 0.319 e. The molecule has 0 unspecified atom stereocenters. The second-order valence-electron chi connectivity index (χ2n) is 3.11. The molecule has 0 saturated carbocycles. The molecule has 0 amide bonds. The first-order chi connectivity index (χ1) is 8.19. The van der Waals surface area contributed by atoms with E-state index in [-0.39, 0.29) is 22.7 Å². The molecule has 1 heterocycles. The van der Waals surface area contributed by atoms with E-state index in [2.05, 4.69) is 9.97 Å². The lowest BCUT2D eigenvalue weighted by Gasteiger charge is -2.07. The van der Waals surface area contributed by atoms with Gasteiger partial charge in [-0.05, 0) is 24.3 Å². The van der Waals surface area contributed by atoms with Crippen LogP contribution in [0.2, 0.25) is 5.02 Å². The van der Waals surface area contributed by atoms with Gasteiger partial charge in [0.25, 0.3) is 0 Å². The number of methoxy groups -OCH3 is 1. The third kappa shape index (κ3) is 2.76. The van der Waals surface area contributed by atoms with Crippen LogP contribution >= 0.6 is 11.6 Å². The first-order valence-electron chi connectivity index (χ1n) is 4.72. The number of benzene rings is 1. The predicted octanol–water partition coefficient (Wildman–Crippen LogP) is 2.64. The number of aromatic nitrogens is 2. The van der Waals surface area contributed by atoms with E-state index in [1.54, 1.807) is 12.1 Å². The molecule has 1 aromatic carbocycles. The molecule has 0 spiro atoms. The molecular formula is C11H9ClN2O3. The number of hydrogen-bond acceptors (Lipinski definition) is 5. The summed E-state index contributed by atoms with van der Waals surface area (Å²) in [5.74, 6) is 0.860. The van der Waals surface area contributed by atoms with Crippen molar-refractivity contribution < 1.29 is 14.6 Å². The molecule has 0 aliphatic heterocycles. The standard InChI is InChI=1S/C11H9ClN2O3/c1-16-11-13-6-9(12)10(14-11)17-8-4-2-7(15)3-5-8/h2-6,15H,1H3. The van der Waals surface area contributed by atoms with E-state index in [0.29, 0.717) is 5.75 Å². The minimum Gasteiger partial charge on any atom is -0.508 e. The summed E-state index contributed by atoms with van der Waals surface area (Å²) in [4.78, 5) is 7.79. The zero-order valence-corrected chi connectivity index (χ0v) is 9.68. The molecule has 2 aromatic rings. The van der Waals surface area contributed by atoms with Crippen LogP contribution in [-0.2, 0) is 0 Å². The number of halogens is 1. The van der Waals surface area contributed by atoms with Gasteiger partial charge in [0.15, 0.2) is 0 Å². The van der Waals surface area contributed by atoms with Gasteiger partial charge in [0.1, 0.15) is 16.5 Å². The van der Waals surface area contributed by atoms with Gasteiger partial charge in [-0.15, -0.1) is 0 Å². The van der Waals surface area contributed by atoms with Crippen LogP contribution in [-0.4, -0.2) is 22.2 Å². The van der Waals surface area contributed by atoms with Crippen molar-refractivity contribution in [3.63, 3.8) is 0 Å². The molecule has 0 bridgehead atoms. The van der Waals surface area contributed by atoms with E-state index in [1.807, 2.05) is 0 Å². The van der Waals surface area contributed by atoms with Crippen LogP contribution in [0.4, 0.5) is 0 Å². The maximum absolute atomic E-state index is 9.13. The Balaban J connectivity index is 2.25. The Labute approximate surface area is 103 Å². The Hall–Kier alpha value is -2.01. The van der Waals surface area contributed by atoms with Crippen molar-refractivity contribution >= 4 is 11.6 Å². The average molecular weight is 253 g/mol. The van der Waals surface area contributed by atoms with Crippen LogP contribution in [0.15, 0.2) is 30.5 Å². The van der Waals surface area contributed by atoms with Crippen LogP contribution in [0.3, 0.4) is 0 Å². The van der Waals surface area contributed by atoms with Crippen LogP contribution in [0.25, 0.3) is 0 Å². The van der Waals surface area contributed by atoms with Crippen molar-refractivity contribution in [2.45, 2.75) is 0 Å². The van der Waals surface area contributed by atoms with Crippen molar-refractivity contribution in [2.75, 3.05) is 7.11 Å². The van der Waals surface area contributed by atoms with E-state index in [4.69, 9.17) is 26.2 Å². The maximum atomic E-state index is 9.13. The summed E-state index contributed by atoms with van der Waals surface area (Å²) in [6.07, 6.45) is 1.39. The number of nitrogens with zero attached hydrogens (tertiary/aromatic N) is 2. The second-order valence-corrected chi connectivity index (χ2v) is 3.51. The lowest BCUT2D eigenvalue weighted by molar-refractivity contribution is 0.366. The first kappa shape index (κ1) is 11.5. The van der Waals surface area contributed by atoms with Crippen molar-refractivity contribution in [2.24, 2.45) is 0 Å². The zero-order valence-electron chi connectivity index (χ0n) is 8.92. The van der Waals surface area contributed by atoms with Gasteiger partial charge in [0.2, 0.25) is 5.88 Å². The van der Waals surface area contributed by atoms with Crippen molar-refractivity contribution in [1.29, 1.82) is 0 Å². The Morgan fingerprint density at radius 1 is 1.24 bits per heavy atom. The van der Waals surface area contributed by atoms with Gasteiger partial charge in [-0.2, -0.15) is 4.98 Å². The molecule has 0 aliphatic rings. The number of hydrogen-bond donors (Lipinski definition) is 1. The van der Waals surface area contributed by atoms with Crippen molar-refractivity contribution in [3.05, 3.63) is 35.5 Å².